The summed E-state index contributed by atoms with van der Waals surface area (Å²) in [6, 6.07) is 7.19. The second-order valence-electron chi connectivity index (χ2n) is 6.13. The van der Waals surface area contributed by atoms with E-state index in [9.17, 15) is 9.59 Å². The molecule has 0 saturated carbocycles. The molecule has 5 nitrogen and oxygen atoms in total. The molecule has 0 spiro atoms. The molecular formula is C18H21N3O2S. The molecule has 2 heterocycles. The first-order valence-corrected chi connectivity index (χ1v) is 8.90. The third kappa shape index (κ3) is 3.25. The number of nitrogens with zero attached hydrogens (tertiary/aromatic N) is 2. The van der Waals surface area contributed by atoms with Gasteiger partial charge in [-0.2, -0.15) is 0 Å². The molecular weight excluding hydrogens is 322 g/mol. The van der Waals surface area contributed by atoms with Gasteiger partial charge < -0.3 is 5.32 Å². The predicted molar refractivity (Wildman–Crippen MR) is 94.3 cm³/mol. The lowest BCUT2D eigenvalue weighted by Gasteiger charge is -2.18. The molecule has 0 aliphatic carbocycles. The maximum Gasteiger partial charge on any atom is 0.261 e. The normalized spacial score (nSPS) is 15.0. The molecule has 2 aromatic rings. The van der Waals surface area contributed by atoms with Gasteiger partial charge in [0.1, 0.15) is 5.01 Å². The SMILES string of the molecule is Cc1nc(CN[C@@H](C)CCN2C(=O)c3ccccc3C2=O)sc1C. The van der Waals surface area contributed by atoms with Crippen LogP contribution in [0.1, 0.15) is 49.6 Å². The van der Waals surface area contributed by atoms with Gasteiger partial charge in [-0.05, 0) is 39.3 Å². The molecule has 2 amide bonds. The van der Waals surface area contributed by atoms with E-state index in [1.54, 1.807) is 35.6 Å². The summed E-state index contributed by atoms with van der Waals surface area (Å²) >= 11 is 1.70. The van der Waals surface area contributed by atoms with Crippen molar-refractivity contribution >= 4 is 23.2 Å². The third-order valence-corrected chi connectivity index (χ3v) is 5.41. The molecule has 1 atom stereocenters. The minimum Gasteiger partial charge on any atom is -0.308 e. The smallest absolute Gasteiger partial charge is 0.261 e. The van der Waals surface area contributed by atoms with Crippen LogP contribution < -0.4 is 5.32 Å². The van der Waals surface area contributed by atoms with Crippen molar-refractivity contribution in [3.8, 4) is 0 Å². The van der Waals surface area contributed by atoms with Crippen LogP contribution in [0.5, 0.6) is 0 Å². The molecule has 1 aliphatic heterocycles. The van der Waals surface area contributed by atoms with Crippen LogP contribution in [0.3, 0.4) is 0 Å². The lowest BCUT2D eigenvalue weighted by Crippen LogP contribution is -2.35. The molecule has 1 aromatic carbocycles. The Morgan fingerprint density at radius 2 is 1.79 bits per heavy atom. The Kier molecular flexibility index (Phi) is 4.78. The molecule has 0 unspecified atom stereocenters. The van der Waals surface area contributed by atoms with Crippen LogP contribution in [0, 0.1) is 13.8 Å². The third-order valence-electron chi connectivity index (χ3n) is 4.34. The van der Waals surface area contributed by atoms with Gasteiger partial charge in [-0.25, -0.2) is 4.98 Å². The summed E-state index contributed by atoms with van der Waals surface area (Å²) in [6.45, 7) is 7.29. The summed E-state index contributed by atoms with van der Waals surface area (Å²) in [5, 5.41) is 4.48. The van der Waals surface area contributed by atoms with Gasteiger partial charge >= 0.3 is 0 Å². The highest BCUT2D eigenvalue weighted by Gasteiger charge is 2.34. The molecule has 3 rings (SSSR count). The van der Waals surface area contributed by atoms with Crippen LogP contribution in [0.25, 0.3) is 0 Å². The predicted octanol–water partition coefficient (Wildman–Crippen LogP) is 2.92. The molecule has 0 saturated heterocycles. The molecule has 6 heteroatoms. The molecule has 0 radical (unpaired) electrons. The number of benzene rings is 1. The Labute approximate surface area is 145 Å². The first-order valence-electron chi connectivity index (χ1n) is 8.09. The molecule has 0 fully saturated rings. The van der Waals surface area contributed by atoms with Crippen molar-refractivity contribution in [2.24, 2.45) is 0 Å². The van der Waals surface area contributed by atoms with Crippen molar-refractivity contribution in [3.05, 3.63) is 51.0 Å². The molecule has 126 valence electrons. The number of amides is 2. The van der Waals surface area contributed by atoms with Gasteiger partial charge in [0.05, 0.1) is 16.8 Å². The van der Waals surface area contributed by atoms with Crippen LogP contribution in [0.2, 0.25) is 0 Å². The zero-order valence-corrected chi connectivity index (χ0v) is 14.9. The maximum atomic E-state index is 12.3. The van der Waals surface area contributed by atoms with Crippen LogP contribution in [0.4, 0.5) is 0 Å². The van der Waals surface area contributed by atoms with Crippen LogP contribution >= 0.6 is 11.3 Å². The van der Waals surface area contributed by atoms with E-state index < -0.39 is 0 Å². The maximum absolute atomic E-state index is 12.3. The number of carbonyl (C=O) groups excluding carboxylic acids is 2. The van der Waals surface area contributed by atoms with Gasteiger partial charge in [0, 0.05) is 24.0 Å². The largest absolute Gasteiger partial charge is 0.308 e. The lowest BCUT2D eigenvalue weighted by molar-refractivity contribution is 0.0649. The fraction of sp³-hybridized carbons (Fsp3) is 0.389. The van der Waals surface area contributed by atoms with Crippen molar-refractivity contribution < 1.29 is 9.59 Å². The van der Waals surface area contributed by atoms with Gasteiger partial charge in [-0.1, -0.05) is 12.1 Å². The lowest BCUT2D eigenvalue weighted by atomic mass is 10.1. The van der Waals surface area contributed by atoms with Gasteiger partial charge in [0.25, 0.3) is 11.8 Å². The highest BCUT2D eigenvalue weighted by molar-refractivity contribution is 7.11. The Morgan fingerprint density at radius 1 is 1.17 bits per heavy atom. The Bertz CT molecular complexity index is 730. The molecule has 1 aromatic heterocycles. The number of imide groups is 1. The minimum absolute atomic E-state index is 0.186. The zero-order chi connectivity index (χ0) is 17.3. The fourth-order valence-electron chi connectivity index (χ4n) is 2.74. The van der Waals surface area contributed by atoms with Gasteiger partial charge in [-0.3, -0.25) is 14.5 Å². The number of thiazole rings is 1. The number of carbonyl (C=O) groups is 2. The summed E-state index contributed by atoms with van der Waals surface area (Å²) < 4.78 is 0. The number of rotatable bonds is 6. The van der Waals surface area contributed by atoms with E-state index in [-0.39, 0.29) is 17.9 Å². The minimum atomic E-state index is -0.186. The Hall–Kier alpha value is -2.05. The summed E-state index contributed by atoms with van der Waals surface area (Å²) in [5.41, 5.74) is 2.10. The van der Waals surface area contributed by atoms with E-state index in [1.807, 2.05) is 6.92 Å². The van der Waals surface area contributed by atoms with E-state index in [2.05, 4.69) is 24.1 Å². The summed E-state index contributed by atoms with van der Waals surface area (Å²) in [6.07, 6.45) is 0.717. The Morgan fingerprint density at radius 3 is 2.33 bits per heavy atom. The number of hydrogen-bond donors (Lipinski definition) is 1. The number of fused-ring (bicyclic) bond motifs is 1. The fourth-order valence-corrected chi connectivity index (χ4v) is 3.63. The van der Waals surface area contributed by atoms with E-state index >= 15 is 0 Å². The number of aryl methyl sites for hydroxylation is 2. The molecule has 1 aliphatic rings. The number of aromatic nitrogens is 1. The average Bonchev–Trinajstić information content (AvgIpc) is 3.02. The monoisotopic (exact) mass is 343 g/mol. The van der Waals surface area contributed by atoms with E-state index in [0.717, 1.165) is 17.1 Å². The van der Waals surface area contributed by atoms with Crippen LogP contribution in [-0.4, -0.2) is 34.3 Å². The molecule has 24 heavy (non-hydrogen) atoms. The number of hydrogen-bond acceptors (Lipinski definition) is 5. The summed E-state index contributed by atoms with van der Waals surface area (Å²) in [5.74, 6) is -0.372. The first-order chi connectivity index (χ1) is 11.5. The topological polar surface area (TPSA) is 62.3 Å². The van der Waals surface area contributed by atoms with Gasteiger partial charge in [0.2, 0.25) is 0 Å². The second kappa shape index (κ2) is 6.83. The summed E-state index contributed by atoms with van der Waals surface area (Å²) in [4.78, 5) is 31.7. The molecule has 0 bridgehead atoms. The van der Waals surface area contributed by atoms with E-state index in [0.29, 0.717) is 24.2 Å². The highest BCUT2D eigenvalue weighted by Crippen LogP contribution is 2.22. The summed E-state index contributed by atoms with van der Waals surface area (Å²) in [7, 11) is 0. The Balaban J connectivity index is 1.53. The first kappa shape index (κ1) is 16.8. The molecule has 1 N–H and O–H groups in total. The van der Waals surface area contributed by atoms with Crippen molar-refractivity contribution in [1.29, 1.82) is 0 Å². The highest BCUT2D eigenvalue weighted by atomic mass is 32.1. The van der Waals surface area contributed by atoms with Crippen molar-refractivity contribution in [2.75, 3.05) is 6.54 Å². The number of nitrogens with one attached hydrogen (secondary N) is 1. The van der Waals surface area contributed by atoms with Crippen LogP contribution in [0.15, 0.2) is 24.3 Å². The van der Waals surface area contributed by atoms with Gasteiger partial charge in [0.15, 0.2) is 0 Å². The van der Waals surface area contributed by atoms with E-state index in [4.69, 9.17) is 0 Å². The standard InChI is InChI=1S/C18H21N3O2S/c1-11(19-10-16-20-12(2)13(3)24-16)8-9-21-17(22)14-6-4-5-7-15(14)18(21)23/h4-7,11,19H,8-10H2,1-3H3/t11-/m0/s1. The van der Waals surface area contributed by atoms with E-state index in [1.165, 1.54) is 9.78 Å². The van der Waals surface area contributed by atoms with Crippen molar-refractivity contribution in [3.63, 3.8) is 0 Å². The van der Waals surface area contributed by atoms with Gasteiger partial charge in [-0.15, -0.1) is 11.3 Å². The van der Waals surface area contributed by atoms with Crippen molar-refractivity contribution in [1.82, 2.24) is 15.2 Å². The van der Waals surface area contributed by atoms with Crippen LogP contribution in [-0.2, 0) is 6.54 Å². The van der Waals surface area contributed by atoms with Crippen molar-refractivity contribution in [2.45, 2.75) is 39.8 Å². The zero-order valence-electron chi connectivity index (χ0n) is 14.1. The second-order valence-corrected chi connectivity index (χ2v) is 7.42. The average molecular weight is 343 g/mol. The quantitative estimate of drug-likeness (QED) is 0.819.